The molecule has 29 heavy (non-hydrogen) atoms. The highest BCUT2D eigenvalue weighted by Crippen LogP contribution is 2.17. The summed E-state index contributed by atoms with van der Waals surface area (Å²) in [5.74, 6) is 0.439. The van der Waals surface area contributed by atoms with Gasteiger partial charge in [-0.2, -0.15) is 0 Å². The van der Waals surface area contributed by atoms with E-state index in [1.807, 2.05) is 0 Å². The number of carbonyl (C=O) groups is 1. The van der Waals surface area contributed by atoms with Gasteiger partial charge in [0.25, 0.3) is 5.91 Å². The highest BCUT2D eigenvalue weighted by atomic mass is 35.5. The van der Waals surface area contributed by atoms with Crippen molar-refractivity contribution in [2.45, 2.75) is 11.4 Å². The maximum atomic E-state index is 12.3. The van der Waals surface area contributed by atoms with Crippen LogP contribution in [-0.2, 0) is 16.6 Å². The molecule has 0 aliphatic rings. The van der Waals surface area contributed by atoms with Crippen LogP contribution in [0, 0.1) is 0 Å². The number of hydrogen-bond donors (Lipinski definition) is 2. The first-order valence-electron chi connectivity index (χ1n) is 8.67. The second kappa shape index (κ2) is 9.09. The summed E-state index contributed by atoms with van der Waals surface area (Å²) in [6.45, 7) is 0.0925. The van der Waals surface area contributed by atoms with Crippen LogP contribution in [0.2, 0.25) is 5.02 Å². The number of ether oxygens (including phenoxy) is 1. The van der Waals surface area contributed by atoms with Crippen LogP contribution in [-0.4, -0.2) is 21.4 Å². The van der Waals surface area contributed by atoms with E-state index in [-0.39, 0.29) is 17.3 Å². The van der Waals surface area contributed by atoms with E-state index in [1.54, 1.807) is 67.8 Å². The van der Waals surface area contributed by atoms with Crippen molar-refractivity contribution in [1.82, 2.24) is 4.72 Å². The minimum absolute atomic E-state index is 0.0925. The SMILES string of the molecule is COc1ccc(NC(=O)c2ccc(CNS(=O)(=O)c3cccc(Cl)c3)cc2)cc1. The van der Waals surface area contributed by atoms with Gasteiger partial charge in [-0.05, 0) is 60.2 Å². The van der Waals surface area contributed by atoms with Gasteiger partial charge in [0.1, 0.15) is 5.75 Å². The predicted molar refractivity (Wildman–Crippen MR) is 113 cm³/mol. The first kappa shape index (κ1) is 20.9. The van der Waals surface area contributed by atoms with E-state index in [2.05, 4.69) is 10.0 Å². The maximum Gasteiger partial charge on any atom is 0.255 e. The first-order valence-corrected chi connectivity index (χ1v) is 10.5. The van der Waals surface area contributed by atoms with Crippen LogP contribution in [0.3, 0.4) is 0 Å². The van der Waals surface area contributed by atoms with Gasteiger partial charge in [0.05, 0.1) is 12.0 Å². The van der Waals surface area contributed by atoms with E-state index < -0.39 is 10.0 Å². The van der Waals surface area contributed by atoms with E-state index in [9.17, 15) is 13.2 Å². The van der Waals surface area contributed by atoms with Crippen LogP contribution in [0.4, 0.5) is 5.69 Å². The molecule has 3 aromatic rings. The minimum atomic E-state index is -3.68. The summed E-state index contributed by atoms with van der Waals surface area (Å²) in [6, 6.07) is 19.7. The number of anilines is 1. The Labute approximate surface area is 174 Å². The molecule has 3 rings (SSSR count). The Hall–Kier alpha value is -2.87. The Morgan fingerprint density at radius 2 is 1.69 bits per heavy atom. The standard InChI is InChI=1S/C21H19ClN2O4S/c1-28-19-11-9-18(10-12-19)24-21(25)16-7-5-15(6-8-16)14-23-29(26,27)20-4-2-3-17(22)13-20/h2-13,23H,14H2,1H3,(H,24,25). The summed E-state index contributed by atoms with van der Waals surface area (Å²) in [7, 11) is -2.10. The summed E-state index contributed by atoms with van der Waals surface area (Å²) in [4.78, 5) is 12.4. The second-order valence-corrected chi connectivity index (χ2v) is 8.36. The van der Waals surface area contributed by atoms with Crippen molar-refractivity contribution >= 4 is 33.2 Å². The third-order valence-corrected chi connectivity index (χ3v) is 5.77. The molecule has 0 radical (unpaired) electrons. The van der Waals surface area contributed by atoms with Crippen molar-refractivity contribution in [1.29, 1.82) is 0 Å². The second-order valence-electron chi connectivity index (χ2n) is 6.16. The van der Waals surface area contributed by atoms with Crippen molar-refractivity contribution in [3.8, 4) is 5.75 Å². The molecule has 3 aromatic carbocycles. The molecule has 0 aromatic heterocycles. The number of carbonyl (C=O) groups excluding carboxylic acids is 1. The number of rotatable bonds is 7. The fourth-order valence-corrected chi connectivity index (χ4v) is 3.87. The molecule has 2 N–H and O–H groups in total. The van der Waals surface area contributed by atoms with Crippen molar-refractivity contribution in [2.24, 2.45) is 0 Å². The molecular weight excluding hydrogens is 412 g/mol. The van der Waals surface area contributed by atoms with Gasteiger partial charge in [-0.1, -0.05) is 29.8 Å². The number of nitrogens with one attached hydrogen (secondary N) is 2. The molecule has 0 aliphatic carbocycles. The normalized spacial score (nSPS) is 11.1. The lowest BCUT2D eigenvalue weighted by molar-refractivity contribution is 0.102. The topological polar surface area (TPSA) is 84.5 Å². The Kier molecular flexibility index (Phi) is 6.53. The molecule has 0 atom stereocenters. The van der Waals surface area contributed by atoms with Gasteiger partial charge in [-0.25, -0.2) is 13.1 Å². The summed E-state index contributed by atoms with van der Waals surface area (Å²) in [5, 5.41) is 3.14. The average molecular weight is 431 g/mol. The summed E-state index contributed by atoms with van der Waals surface area (Å²) in [5.41, 5.74) is 1.83. The number of methoxy groups -OCH3 is 1. The lowest BCUT2D eigenvalue weighted by Gasteiger charge is -2.09. The Morgan fingerprint density at radius 1 is 1.00 bits per heavy atom. The lowest BCUT2D eigenvalue weighted by Crippen LogP contribution is -2.23. The molecule has 0 bridgehead atoms. The molecule has 0 unspecified atom stereocenters. The summed E-state index contributed by atoms with van der Waals surface area (Å²) in [6.07, 6.45) is 0. The molecule has 150 valence electrons. The zero-order valence-electron chi connectivity index (χ0n) is 15.6. The Bertz CT molecular complexity index is 1100. The van der Waals surface area contributed by atoms with Crippen molar-refractivity contribution < 1.29 is 17.9 Å². The monoisotopic (exact) mass is 430 g/mol. The molecule has 8 heteroatoms. The van der Waals surface area contributed by atoms with Crippen molar-refractivity contribution in [3.63, 3.8) is 0 Å². The molecule has 0 heterocycles. The summed E-state index contributed by atoms with van der Waals surface area (Å²) >= 11 is 5.85. The zero-order valence-corrected chi connectivity index (χ0v) is 17.1. The fourth-order valence-electron chi connectivity index (χ4n) is 2.55. The zero-order chi connectivity index (χ0) is 20.9. The van der Waals surface area contributed by atoms with Crippen molar-refractivity contribution in [3.05, 3.63) is 88.9 Å². The molecule has 0 saturated carbocycles. The van der Waals surface area contributed by atoms with Gasteiger partial charge in [-0.3, -0.25) is 4.79 Å². The number of sulfonamides is 1. The van der Waals surface area contributed by atoms with Crippen LogP contribution in [0.25, 0.3) is 0 Å². The lowest BCUT2D eigenvalue weighted by atomic mass is 10.1. The average Bonchev–Trinajstić information content (AvgIpc) is 2.73. The van der Waals surface area contributed by atoms with Gasteiger partial charge >= 0.3 is 0 Å². The largest absolute Gasteiger partial charge is 0.497 e. The van der Waals surface area contributed by atoms with Crippen LogP contribution >= 0.6 is 11.6 Å². The van der Waals surface area contributed by atoms with Crippen LogP contribution in [0.15, 0.2) is 77.7 Å². The van der Waals surface area contributed by atoms with Crippen LogP contribution < -0.4 is 14.8 Å². The van der Waals surface area contributed by atoms with Gasteiger partial charge in [0.15, 0.2) is 0 Å². The van der Waals surface area contributed by atoms with E-state index in [0.717, 1.165) is 5.56 Å². The molecular formula is C21H19ClN2O4S. The fraction of sp³-hybridized carbons (Fsp3) is 0.0952. The van der Waals surface area contributed by atoms with Crippen LogP contribution in [0.5, 0.6) is 5.75 Å². The highest BCUT2D eigenvalue weighted by molar-refractivity contribution is 7.89. The van der Waals surface area contributed by atoms with Gasteiger partial charge in [0.2, 0.25) is 10.0 Å². The van der Waals surface area contributed by atoms with E-state index in [4.69, 9.17) is 16.3 Å². The predicted octanol–water partition coefficient (Wildman–Crippen LogP) is 4.08. The number of hydrogen-bond acceptors (Lipinski definition) is 4. The number of halogens is 1. The third kappa shape index (κ3) is 5.57. The molecule has 0 aliphatic heterocycles. The first-order chi connectivity index (χ1) is 13.9. The molecule has 6 nitrogen and oxygen atoms in total. The van der Waals surface area contributed by atoms with Gasteiger partial charge in [-0.15, -0.1) is 0 Å². The van der Waals surface area contributed by atoms with E-state index in [0.29, 0.717) is 22.0 Å². The minimum Gasteiger partial charge on any atom is -0.497 e. The smallest absolute Gasteiger partial charge is 0.255 e. The summed E-state index contributed by atoms with van der Waals surface area (Å²) < 4.78 is 32.3. The van der Waals surface area contributed by atoms with Crippen molar-refractivity contribution in [2.75, 3.05) is 12.4 Å². The maximum absolute atomic E-state index is 12.3. The Balaban J connectivity index is 1.61. The van der Waals surface area contributed by atoms with E-state index >= 15 is 0 Å². The van der Waals surface area contributed by atoms with E-state index in [1.165, 1.54) is 12.1 Å². The highest BCUT2D eigenvalue weighted by Gasteiger charge is 2.14. The van der Waals surface area contributed by atoms with Crippen LogP contribution in [0.1, 0.15) is 15.9 Å². The molecule has 0 fully saturated rings. The Morgan fingerprint density at radius 3 is 2.31 bits per heavy atom. The molecule has 1 amide bonds. The third-order valence-electron chi connectivity index (χ3n) is 4.14. The number of amides is 1. The molecule has 0 spiro atoms. The quantitative estimate of drug-likeness (QED) is 0.591. The van der Waals surface area contributed by atoms with Gasteiger partial charge < -0.3 is 10.1 Å². The number of benzene rings is 3. The van der Waals surface area contributed by atoms with Gasteiger partial charge in [0, 0.05) is 22.8 Å². The molecule has 0 saturated heterocycles.